The highest BCUT2D eigenvalue weighted by molar-refractivity contribution is 6.23. The zero-order valence-corrected chi connectivity index (χ0v) is 20.1. The fourth-order valence-electron chi connectivity index (χ4n) is 4.09. The summed E-state index contributed by atoms with van der Waals surface area (Å²) >= 11 is 0. The fraction of sp³-hybridized carbons (Fsp3) is 0.440. The van der Waals surface area contributed by atoms with Crippen molar-refractivity contribution in [3.05, 3.63) is 54.0 Å². The normalized spacial score (nSPS) is 20.0. The van der Waals surface area contributed by atoms with Crippen LogP contribution < -0.4 is 16.4 Å². The Morgan fingerprint density at radius 2 is 2.09 bits per heavy atom. The number of aliphatic imine (C=N–C) groups is 1. The predicted molar refractivity (Wildman–Crippen MR) is 133 cm³/mol. The number of rotatable bonds is 8. The number of nitrogens with two attached hydrogens (primary N) is 1. The lowest BCUT2D eigenvalue weighted by atomic mass is 9.84. The van der Waals surface area contributed by atoms with Gasteiger partial charge in [-0.25, -0.2) is 9.38 Å². The number of nitriles is 1. The number of piperidine rings is 1. The topological polar surface area (TPSA) is 140 Å². The molecule has 0 saturated carbocycles. The number of nitrogens with zero attached hydrogens (tertiary/aromatic N) is 3. The average molecular weight is 482 g/mol. The van der Waals surface area contributed by atoms with E-state index in [9.17, 15) is 14.4 Å². The standard InChI is InChI=1S/C25H32FN7O2/c1-17(2)35-22-5-3-4-21(32-22)33-14-11-25(10-13-27,12-15-33)30-16-20(24(29)34)23(28)31-19-8-6-18(26)7-9-19/h3,5-9,16-17,21,30H,4,10-12,14-15H2,1-2H3,(H2,28,31)(H2,29,34)/b20-16+. The summed E-state index contributed by atoms with van der Waals surface area (Å²) in [6.45, 7) is 5.34. The van der Waals surface area contributed by atoms with Crippen molar-refractivity contribution in [1.29, 1.82) is 10.7 Å². The molecule has 0 aromatic heterocycles. The number of carbonyl (C=O) groups is 1. The molecule has 0 bridgehead atoms. The number of amides is 1. The van der Waals surface area contributed by atoms with Gasteiger partial charge < -0.3 is 21.1 Å². The molecule has 1 unspecified atom stereocenters. The molecule has 3 rings (SSSR count). The molecule has 1 amide bonds. The Kier molecular flexibility index (Phi) is 8.60. The molecule has 10 heteroatoms. The van der Waals surface area contributed by atoms with Crippen LogP contribution in [0, 0.1) is 22.6 Å². The molecule has 1 saturated heterocycles. The monoisotopic (exact) mass is 481 g/mol. The largest absolute Gasteiger partial charge is 0.475 e. The zero-order valence-electron chi connectivity index (χ0n) is 20.1. The summed E-state index contributed by atoms with van der Waals surface area (Å²) in [6, 6.07) is 7.66. The number of amidine groups is 1. The number of primary amides is 1. The molecule has 1 fully saturated rings. The molecule has 2 aliphatic heterocycles. The van der Waals surface area contributed by atoms with Crippen LogP contribution in [0.2, 0.25) is 0 Å². The molecule has 0 aliphatic carbocycles. The molecular weight excluding hydrogens is 449 g/mol. The van der Waals surface area contributed by atoms with Crippen LogP contribution in [0.4, 0.5) is 10.1 Å². The summed E-state index contributed by atoms with van der Waals surface area (Å²) in [7, 11) is 0. The molecule has 5 N–H and O–H groups in total. The number of hydrogen-bond donors (Lipinski definition) is 4. The Morgan fingerprint density at radius 3 is 2.69 bits per heavy atom. The highest BCUT2D eigenvalue weighted by atomic mass is 19.1. The van der Waals surface area contributed by atoms with Gasteiger partial charge in [0, 0.05) is 31.4 Å². The van der Waals surface area contributed by atoms with Crippen LogP contribution in [0.5, 0.6) is 0 Å². The number of dihydropyridines is 1. The molecule has 9 nitrogen and oxygen atoms in total. The van der Waals surface area contributed by atoms with Gasteiger partial charge in [-0.05, 0) is 57.0 Å². The van der Waals surface area contributed by atoms with E-state index in [4.69, 9.17) is 20.9 Å². The van der Waals surface area contributed by atoms with Crippen LogP contribution in [0.3, 0.4) is 0 Å². The molecule has 1 atom stereocenters. The van der Waals surface area contributed by atoms with Gasteiger partial charge in [0.2, 0.25) is 5.90 Å². The molecule has 186 valence electrons. The van der Waals surface area contributed by atoms with E-state index in [0.717, 1.165) is 6.42 Å². The van der Waals surface area contributed by atoms with E-state index in [1.54, 1.807) is 0 Å². The number of nitrogens with one attached hydrogen (secondary N) is 3. The zero-order chi connectivity index (χ0) is 25.4. The molecule has 1 aromatic carbocycles. The molecule has 35 heavy (non-hydrogen) atoms. The lowest BCUT2D eigenvalue weighted by Crippen LogP contribution is -2.54. The fourth-order valence-corrected chi connectivity index (χ4v) is 4.09. The first-order valence-electron chi connectivity index (χ1n) is 11.6. The highest BCUT2D eigenvalue weighted by Crippen LogP contribution is 2.29. The Morgan fingerprint density at radius 1 is 1.40 bits per heavy atom. The van der Waals surface area contributed by atoms with Crippen LogP contribution in [-0.4, -0.2) is 53.4 Å². The lowest BCUT2D eigenvalue weighted by Gasteiger charge is -2.43. The van der Waals surface area contributed by atoms with Crippen LogP contribution >= 0.6 is 0 Å². The average Bonchev–Trinajstić information content (AvgIpc) is 2.81. The second kappa shape index (κ2) is 11.6. The second-order valence-electron chi connectivity index (χ2n) is 8.98. The van der Waals surface area contributed by atoms with Crippen LogP contribution in [0.15, 0.2) is 53.2 Å². The van der Waals surface area contributed by atoms with Gasteiger partial charge >= 0.3 is 0 Å². The van der Waals surface area contributed by atoms with Crippen molar-refractivity contribution in [2.75, 3.05) is 18.4 Å². The van der Waals surface area contributed by atoms with Gasteiger partial charge in [-0.15, -0.1) is 0 Å². The van der Waals surface area contributed by atoms with E-state index in [1.165, 1.54) is 30.5 Å². The molecule has 0 radical (unpaired) electrons. The number of hydrogen-bond acceptors (Lipinski definition) is 7. The number of likely N-dealkylation sites (tertiary alicyclic amines) is 1. The Bertz CT molecular complexity index is 1050. The van der Waals surface area contributed by atoms with Crippen molar-refractivity contribution < 1.29 is 13.9 Å². The van der Waals surface area contributed by atoms with E-state index in [2.05, 4.69) is 27.7 Å². The van der Waals surface area contributed by atoms with E-state index in [-0.39, 0.29) is 30.1 Å². The third-order valence-electron chi connectivity index (χ3n) is 6.01. The van der Waals surface area contributed by atoms with Crippen molar-refractivity contribution in [1.82, 2.24) is 10.2 Å². The smallest absolute Gasteiger partial charge is 0.253 e. The Balaban J connectivity index is 1.67. The van der Waals surface area contributed by atoms with Gasteiger partial charge in [0.25, 0.3) is 5.91 Å². The number of halogens is 1. The third-order valence-corrected chi connectivity index (χ3v) is 6.01. The maximum absolute atomic E-state index is 13.1. The van der Waals surface area contributed by atoms with Crippen molar-refractivity contribution in [2.45, 2.75) is 57.3 Å². The van der Waals surface area contributed by atoms with E-state index < -0.39 is 17.3 Å². The number of carbonyl (C=O) groups excluding carboxylic acids is 1. The number of anilines is 1. The minimum Gasteiger partial charge on any atom is -0.475 e. The maximum atomic E-state index is 13.1. The van der Waals surface area contributed by atoms with Gasteiger partial charge in [0.05, 0.1) is 29.7 Å². The minimum atomic E-state index is -0.789. The van der Waals surface area contributed by atoms with Crippen LogP contribution in [-0.2, 0) is 9.53 Å². The van der Waals surface area contributed by atoms with Crippen LogP contribution in [0.1, 0.15) is 39.5 Å². The van der Waals surface area contributed by atoms with Crippen molar-refractivity contribution in [3.63, 3.8) is 0 Å². The highest BCUT2D eigenvalue weighted by Gasteiger charge is 2.36. The summed E-state index contributed by atoms with van der Waals surface area (Å²) in [5.41, 5.74) is 5.35. The van der Waals surface area contributed by atoms with Crippen LogP contribution in [0.25, 0.3) is 0 Å². The van der Waals surface area contributed by atoms with Gasteiger partial charge in [0.15, 0.2) is 0 Å². The van der Waals surface area contributed by atoms with Gasteiger partial charge in [-0.2, -0.15) is 5.26 Å². The van der Waals surface area contributed by atoms with Gasteiger partial charge in [-0.3, -0.25) is 15.1 Å². The Labute approximate surface area is 205 Å². The molecule has 2 heterocycles. The van der Waals surface area contributed by atoms with E-state index >= 15 is 0 Å². The Hall–Kier alpha value is -3.71. The SMILES string of the molecule is CC(C)OC1=NC(N2CCC(CC#N)(N/C=C(\C(=N)Nc3ccc(F)cc3)C(N)=O)CC2)CC=C1. The first-order valence-corrected chi connectivity index (χ1v) is 11.6. The molecule has 0 spiro atoms. The molecular formula is C25H32FN7O2. The minimum absolute atomic E-state index is 0.0151. The summed E-state index contributed by atoms with van der Waals surface area (Å²) < 4.78 is 18.9. The first-order chi connectivity index (χ1) is 16.7. The predicted octanol–water partition coefficient (Wildman–Crippen LogP) is 3.03. The number of benzene rings is 1. The molecule has 1 aromatic rings. The summed E-state index contributed by atoms with van der Waals surface area (Å²) in [6.07, 6.45) is 7.73. The summed E-state index contributed by atoms with van der Waals surface area (Å²) in [4.78, 5) is 19.0. The van der Waals surface area contributed by atoms with E-state index in [0.29, 0.717) is 37.5 Å². The first kappa shape index (κ1) is 25.9. The van der Waals surface area contributed by atoms with Gasteiger partial charge in [-0.1, -0.05) is 6.08 Å². The lowest BCUT2D eigenvalue weighted by molar-refractivity contribution is -0.114. The maximum Gasteiger partial charge on any atom is 0.253 e. The second-order valence-corrected chi connectivity index (χ2v) is 8.98. The van der Waals surface area contributed by atoms with Gasteiger partial charge in [0.1, 0.15) is 17.8 Å². The quantitative estimate of drug-likeness (QED) is 0.256. The van der Waals surface area contributed by atoms with E-state index in [1.807, 2.05) is 19.9 Å². The third kappa shape index (κ3) is 7.13. The summed E-state index contributed by atoms with van der Waals surface area (Å²) in [5.74, 6) is -0.785. The van der Waals surface area contributed by atoms with Crippen molar-refractivity contribution >= 4 is 23.3 Å². The summed E-state index contributed by atoms with van der Waals surface area (Å²) in [5, 5.41) is 23.7. The van der Waals surface area contributed by atoms with Crippen molar-refractivity contribution in [3.8, 4) is 6.07 Å². The molecule has 2 aliphatic rings. The number of ether oxygens (including phenoxy) is 1. The van der Waals surface area contributed by atoms with Crippen molar-refractivity contribution in [2.24, 2.45) is 10.7 Å².